The fourth-order valence-corrected chi connectivity index (χ4v) is 2.03. The third-order valence-corrected chi connectivity index (χ3v) is 3.69. The molecule has 0 aliphatic carbocycles. The van der Waals surface area contributed by atoms with Gasteiger partial charge in [0.15, 0.2) is 6.29 Å². The van der Waals surface area contributed by atoms with Crippen LogP contribution in [0.3, 0.4) is 0 Å². The van der Waals surface area contributed by atoms with Crippen molar-refractivity contribution in [3.63, 3.8) is 0 Å². The van der Waals surface area contributed by atoms with Gasteiger partial charge in [-0.1, -0.05) is 11.6 Å². The molecule has 0 radical (unpaired) electrons. The molecule has 4 nitrogen and oxygen atoms in total. The maximum Gasteiger partial charge on any atom is 0.155 e. The predicted molar refractivity (Wildman–Crippen MR) is 79.9 cm³/mol. The second-order valence-corrected chi connectivity index (χ2v) is 5.07. The van der Waals surface area contributed by atoms with Gasteiger partial charge in [0.1, 0.15) is 22.7 Å². The van der Waals surface area contributed by atoms with Gasteiger partial charge in [0.2, 0.25) is 0 Å². The summed E-state index contributed by atoms with van der Waals surface area (Å²) in [5.41, 5.74) is 1.75. The molecular formula is C14H14Cl2N2O2. The monoisotopic (exact) mass is 312 g/mol. The minimum Gasteiger partial charge on any atom is -0.489 e. The number of hydrogen-bond donors (Lipinski definition) is 0. The maximum atomic E-state index is 11.1. The van der Waals surface area contributed by atoms with E-state index in [2.05, 4.69) is 5.10 Å². The second-order valence-electron chi connectivity index (χ2n) is 4.40. The molecule has 0 aliphatic rings. The number of rotatable bonds is 5. The minimum atomic E-state index is -0.0580. The van der Waals surface area contributed by atoms with E-state index in [9.17, 15) is 4.79 Å². The lowest BCUT2D eigenvalue weighted by molar-refractivity contribution is 0.112. The number of halogens is 2. The first kappa shape index (κ1) is 14.9. The number of alkyl halides is 1. The quantitative estimate of drug-likeness (QED) is 0.626. The van der Waals surface area contributed by atoms with Crippen LogP contribution < -0.4 is 4.74 Å². The number of aromatic nitrogens is 2. The molecule has 1 atom stereocenters. The smallest absolute Gasteiger partial charge is 0.155 e. The van der Waals surface area contributed by atoms with E-state index in [0.29, 0.717) is 28.6 Å². The van der Waals surface area contributed by atoms with E-state index in [1.54, 1.807) is 7.05 Å². The summed E-state index contributed by atoms with van der Waals surface area (Å²) >= 11 is 11.7. The van der Waals surface area contributed by atoms with E-state index in [4.69, 9.17) is 27.9 Å². The molecular weight excluding hydrogens is 299 g/mol. The summed E-state index contributed by atoms with van der Waals surface area (Å²) in [6.07, 6.45) is 0.655. The molecule has 0 amide bonds. The SMILES string of the molecule is CC(CCl)Oc1ccc(-c2nn(C)c(Cl)c2C=O)cc1. The van der Waals surface area contributed by atoms with E-state index in [0.717, 1.165) is 11.3 Å². The van der Waals surface area contributed by atoms with Crippen LogP contribution in [0.4, 0.5) is 0 Å². The zero-order chi connectivity index (χ0) is 14.7. The van der Waals surface area contributed by atoms with Crippen LogP contribution in [0.25, 0.3) is 11.3 Å². The van der Waals surface area contributed by atoms with Gasteiger partial charge >= 0.3 is 0 Å². The van der Waals surface area contributed by atoms with Gasteiger partial charge in [0.05, 0.1) is 11.4 Å². The Kier molecular flexibility index (Phi) is 4.68. The topological polar surface area (TPSA) is 44.1 Å². The summed E-state index contributed by atoms with van der Waals surface area (Å²) < 4.78 is 7.06. The summed E-state index contributed by atoms with van der Waals surface area (Å²) in [5, 5.41) is 4.57. The summed E-state index contributed by atoms with van der Waals surface area (Å²) in [6.45, 7) is 1.89. The first-order valence-electron chi connectivity index (χ1n) is 6.07. The predicted octanol–water partition coefficient (Wildman–Crippen LogP) is 3.56. The van der Waals surface area contributed by atoms with Crippen molar-refractivity contribution in [2.75, 3.05) is 5.88 Å². The molecule has 0 fully saturated rings. The van der Waals surface area contributed by atoms with Gasteiger partial charge in [-0.25, -0.2) is 0 Å². The Balaban J connectivity index is 2.30. The lowest BCUT2D eigenvalue weighted by Crippen LogP contribution is -2.12. The van der Waals surface area contributed by atoms with E-state index in [-0.39, 0.29) is 6.10 Å². The highest BCUT2D eigenvalue weighted by Gasteiger charge is 2.15. The van der Waals surface area contributed by atoms with Crippen LogP contribution in [0, 0.1) is 0 Å². The van der Waals surface area contributed by atoms with Crippen LogP contribution in [-0.4, -0.2) is 28.1 Å². The number of aryl methyl sites for hydroxylation is 1. The summed E-state index contributed by atoms with van der Waals surface area (Å²) in [5.74, 6) is 1.14. The van der Waals surface area contributed by atoms with Crippen molar-refractivity contribution in [3.8, 4) is 17.0 Å². The molecule has 0 N–H and O–H groups in total. The van der Waals surface area contributed by atoms with Crippen molar-refractivity contribution < 1.29 is 9.53 Å². The Morgan fingerprint density at radius 3 is 2.60 bits per heavy atom. The highest BCUT2D eigenvalue weighted by Crippen LogP contribution is 2.28. The molecule has 0 saturated carbocycles. The average molecular weight is 313 g/mol. The standard InChI is InChI=1S/C14H14Cl2N2O2/c1-9(7-15)20-11-5-3-10(4-6-11)13-12(8-19)14(16)18(2)17-13/h3-6,8-9H,7H2,1-2H3. The molecule has 1 aromatic heterocycles. The van der Waals surface area contributed by atoms with Crippen LogP contribution in [0.1, 0.15) is 17.3 Å². The summed E-state index contributed by atoms with van der Waals surface area (Å²) in [7, 11) is 1.69. The number of nitrogens with zero attached hydrogens (tertiary/aromatic N) is 2. The van der Waals surface area contributed by atoms with Gasteiger partial charge in [-0.2, -0.15) is 5.10 Å². The van der Waals surface area contributed by atoms with Gasteiger partial charge in [-0.3, -0.25) is 9.48 Å². The Bertz CT molecular complexity index is 608. The van der Waals surface area contributed by atoms with Gasteiger partial charge in [-0.05, 0) is 31.2 Å². The molecule has 1 unspecified atom stereocenters. The van der Waals surface area contributed by atoms with Crippen LogP contribution >= 0.6 is 23.2 Å². The highest BCUT2D eigenvalue weighted by molar-refractivity contribution is 6.32. The Hall–Kier alpha value is -1.52. The van der Waals surface area contributed by atoms with Crippen molar-refractivity contribution in [1.29, 1.82) is 0 Å². The summed E-state index contributed by atoms with van der Waals surface area (Å²) in [4.78, 5) is 11.1. The molecule has 106 valence electrons. The molecule has 1 heterocycles. The summed E-state index contributed by atoms with van der Waals surface area (Å²) in [6, 6.07) is 7.30. The largest absolute Gasteiger partial charge is 0.489 e. The average Bonchev–Trinajstić information content (AvgIpc) is 2.75. The molecule has 2 aromatic rings. The highest BCUT2D eigenvalue weighted by atomic mass is 35.5. The number of carbonyl (C=O) groups is 1. The van der Waals surface area contributed by atoms with Gasteiger partial charge in [0.25, 0.3) is 0 Å². The fourth-order valence-electron chi connectivity index (χ4n) is 1.79. The van der Waals surface area contributed by atoms with Crippen molar-refractivity contribution in [2.24, 2.45) is 7.05 Å². The van der Waals surface area contributed by atoms with Gasteiger partial charge in [-0.15, -0.1) is 11.6 Å². The molecule has 2 rings (SSSR count). The van der Waals surface area contributed by atoms with Crippen LogP contribution in [0.2, 0.25) is 5.15 Å². The molecule has 0 bridgehead atoms. The normalized spacial score (nSPS) is 12.2. The van der Waals surface area contributed by atoms with E-state index in [1.807, 2.05) is 31.2 Å². The van der Waals surface area contributed by atoms with Crippen molar-refractivity contribution in [1.82, 2.24) is 9.78 Å². The molecule has 0 spiro atoms. The van der Waals surface area contributed by atoms with Crippen LogP contribution in [-0.2, 0) is 7.05 Å². The Labute approximate surface area is 127 Å². The first-order chi connectivity index (χ1) is 9.56. The van der Waals surface area contributed by atoms with Crippen molar-refractivity contribution in [2.45, 2.75) is 13.0 Å². The second kappa shape index (κ2) is 6.29. The fraction of sp³-hybridized carbons (Fsp3) is 0.286. The molecule has 20 heavy (non-hydrogen) atoms. The van der Waals surface area contributed by atoms with E-state index in [1.165, 1.54) is 4.68 Å². The molecule has 0 saturated heterocycles. The van der Waals surface area contributed by atoms with Crippen LogP contribution in [0.5, 0.6) is 5.75 Å². The number of hydrogen-bond acceptors (Lipinski definition) is 3. The lowest BCUT2D eigenvalue weighted by Gasteiger charge is -2.11. The molecule has 0 aliphatic heterocycles. The zero-order valence-corrected chi connectivity index (χ0v) is 12.6. The van der Waals surface area contributed by atoms with Gasteiger partial charge < -0.3 is 4.74 Å². The van der Waals surface area contributed by atoms with E-state index >= 15 is 0 Å². The zero-order valence-electron chi connectivity index (χ0n) is 11.1. The molecule has 1 aromatic carbocycles. The van der Waals surface area contributed by atoms with Crippen LogP contribution in [0.15, 0.2) is 24.3 Å². The number of benzene rings is 1. The minimum absolute atomic E-state index is 0.0580. The van der Waals surface area contributed by atoms with Gasteiger partial charge in [0, 0.05) is 12.6 Å². The Morgan fingerprint density at radius 1 is 1.40 bits per heavy atom. The van der Waals surface area contributed by atoms with E-state index < -0.39 is 0 Å². The maximum absolute atomic E-state index is 11.1. The number of ether oxygens (including phenoxy) is 1. The first-order valence-corrected chi connectivity index (χ1v) is 6.98. The van der Waals surface area contributed by atoms with Crippen molar-refractivity contribution in [3.05, 3.63) is 35.0 Å². The van der Waals surface area contributed by atoms with Crippen molar-refractivity contribution >= 4 is 29.5 Å². The number of aldehydes is 1. The number of carbonyl (C=O) groups excluding carboxylic acids is 1. The third kappa shape index (κ3) is 2.97. The Morgan fingerprint density at radius 2 is 2.05 bits per heavy atom. The lowest BCUT2D eigenvalue weighted by atomic mass is 10.1. The third-order valence-electron chi connectivity index (χ3n) is 2.81. The molecule has 6 heteroatoms.